The molecule has 1 saturated heterocycles. The minimum atomic E-state index is -0.0684. The largest absolute Gasteiger partial charge is 0.366 e. The molecule has 6 nitrogen and oxygen atoms in total. The van der Waals surface area contributed by atoms with Crippen LogP contribution in [-0.2, 0) is 10.2 Å². The van der Waals surface area contributed by atoms with Gasteiger partial charge in [0, 0.05) is 12.0 Å². The van der Waals surface area contributed by atoms with Gasteiger partial charge in [-0.2, -0.15) is 9.61 Å². The summed E-state index contributed by atoms with van der Waals surface area (Å²) in [6, 6.07) is 0. The minimum Gasteiger partial charge on any atom is -0.366 e. The van der Waals surface area contributed by atoms with Crippen molar-refractivity contribution in [3.05, 3.63) is 10.8 Å². The van der Waals surface area contributed by atoms with E-state index in [0.717, 1.165) is 28.6 Å². The van der Waals surface area contributed by atoms with Crippen LogP contribution in [0, 0.1) is 0 Å². The first-order valence-electron chi connectivity index (χ1n) is 6.57. The summed E-state index contributed by atoms with van der Waals surface area (Å²) in [5.41, 5.74) is 5.57. The highest BCUT2D eigenvalue weighted by Gasteiger charge is 2.30. The van der Waals surface area contributed by atoms with Gasteiger partial charge in [-0.25, -0.2) is 0 Å². The Bertz CT molecular complexity index is 584. The van der Waals surface area contributed by atoms with E-state index in [1.165, 1.54) is 0 Å². The second kappa shape index (κ2) is 4.50. The molecule has 0 saturated carbocycles. The standard InChI is InChI=1S/C12H19N5OS/c1-12(2,3)10-14-15-11-17(10)16-9(19-11)8-5-4-7(6-13)18-8/h7-8H,4-6,13H2,1-3H3. The summed E-state index contributed by atoms with van der Waals surface area (Å²) < 4.78 is 7.73. The summed E-state index contributed by atoms with van der Waals surface area (Å²) in [4.78, 5) is 0.833. The number of aromatic nitrogens is 4. The van der Waals surface area contributed by atoms with Crippen molar-refractivity contribution < 1.29 is 4.74 Å². The van der Waals surface area contributed by atoms with E-state index < -0.39 is 0 Å². The molecule has 3 heterocycles. The highest BCUT2D eigenvalue weighted by Crippen LogP contribution is 2.35. The van der Waals surface area contributed by atoms with Crippen molar-refractivity contribution >= 4 is 16.3 Å². The smallest absolute Gasteiger partial charge is 0.234 e. The average molecular weight is 281 g/mol. The molecule has 0 spiro atoms. The Morgan fingerprint density at radius 1 is 1.37 bits per heavy atom. The number of fused-ring (bicyclic) bond motifs is 1. The zero-order chi connectivity index (χ0) is 13.6. The van der Waals surface area contributed by atoms with Crippen LogP contribution in [0.4, 0.5) is 0 Å². The number of nitrogens with zero attached hydrogens (tertiary/aromatic N) is 4. The van der Waals surface area contributed by atoms with Gasteiger partial charge in [-0.15, -0.1) is 10.2 Å². The van der Waals surface area contributed by atoms with Crippen molar-refractivity contribution in [2.75, 3.05) is 6.54 Å². The molecule has 19 heavy (non-hydrogen) atoms. The second-order valence-corrected chi connectivity index (χ2v) is 6.96. The molecule has 104 valence electrons. The summed E-state index contributed by atoms with van der Waals surface area (Å²) >= 11 is 1.56. The topological polar surface area (TPSA) is 78.3 Å². The van der Waals surface area contributed by atoms with E-state index in [1.54, 1.807) is 11.3 Å². The molecule has 1 fully saturated rings. The maximum Gasteiger partial charge on any atom is 0.234 e. The molecule has 2 unspecified atom stereocenters. The first kappa shape index (κ1) is 13.0. The second-order valence-electron chi connectivity index (χ2n) is 5.97. The molecule has 3 rings (SSSR count). The summed E-state index contributed by atoms with van der Waals surface area (Å²) in [7, 11) is 0. The van der Waals surface area contributed by atoms with Crippen LogP contribution < -0.4 is 5.73 Å². The highest BCUT2D eigenvalue weighted by atomic mass is 32.1. The van der Waals surface area contributed by atoms with Gasteiger partial charge in [0.1, 0.15) is 11.1 Å². The Hall–Kier alpha value is -1.05. The SMILES string of the molecule is CC(C)(C)c1nnc2sc(C3CCC(CN)O3)nn12. The molecule has 0 bridgehead atoms. The minimum absolute atomic E-state index is 0.0630. The van der Waals surface area contributed by atoms with E-state index in [1.807, 2.05) is 4.52 Å². The van der Waals surface area contributed by atoms with Crippen LogP contribution in [0.15, 0.2) is 0 Å². The lowest BCUT2D eigenvalue weighted by molar-refractivity contribution is 0.0491. The van der Waals surface area contributed by atoms with Gasteiger partial charge in [0.05, 0.1) is 6.10 Å². The fourth-order valence-electron chi connectivity index (χ4n) is 2.29. The Kier molecular flexibility index (Phi) is 3.07. The van der Waals surface area contributed by atoms with Crippen molar-refractivity contribution in [1.82, 2.24) is 19.8 Å². The van der Waals surface area contributed by atoms with Crippen molar-refractivity contribution in [2.24, 2.45) is 5.73 Å². The van der Waals surface area contributed by atoms with Crippen LogP contribution in [0.3, 0.4) is 0 Å². The fraction of sp³-hybridized carbons (Fsp3) is 0.750. The van der Waals surface area contributed by atoms with Crippen LogP contribution in [-0.4, -0.2) is 32.5 Å². The molecular formula is C12H19N5OS. The molecule has 0 aliphatic carbocycles. The van der Waals surface area contributed by atoms with Gasteiger partial charge in [0.25, 0.3) is 0 Å². The molecule has 0 amide bonds. The lowest BCUT2D eigenvalue weighted by Crippen LogP contribution is -2.19. The van der Waals surface area contributed by atoms with E-state index in [0.29, 0.717) is 6.54 Å². The van der Waals surface area contributed by atoms with Crippen LogP contribution >= 0.6 is 11.3 Å². The number of ether oxygens (including phenoxy) is 1. The fourth-order valence-corrected chi connectivity index (χ4v) is 3.20. The summed E-state index contributed by atoms with van der Waals surface area (Å²) in [6.45, 7) is 6.91. The Labute approximate surface area is 116 Å². The van der Waals surface area contributed by atoms with Crippen molar-refractivity contribution in [3.8, 4) is 0 Å². The molecule has 2 aromatic rings. The Balaban J connectivity index is 1.93. The van der Waals surface area contributed by atoms with Crippen LogP contribution in [0.5, 0.6) is 0 Å². The zero-order valence-corrected chi connectivity index (χ0v) is 12.3. The summed E-state index contributed by atoms with van der Waals surface area (Å²) in [5.74, 6) is 0.887. The maximum atomic E-state index is 5.88. The molecule has 7 heteroatoms. The van der Waals surface area contributed by atoms with Gasteiger partial charge in [-0.05, 0) is 12.8 Å². The predicted molar refractivity (Wildman–Crippen MR) is 73.3 cm³/mol. The first-order chi connectivity index (χ1) is 8.99. The van der Waals surface area contributed by atoms with E-state index >= 15 is 0 Å². The third-order valence-corrected chi connectivity index (χ3v) is 4.31. The predicted octanol–water partition coefficient (Wildman–Crippen LogP) is 1.66. The number of nitrogens with two attached hydrogens (primary N) is 1. The monoisotopic (exact) mass is 281 g/mol. The van der Waals surface area contributed by atoms with Crippen molar-refractivity contribution in [2.45, 2.75) is 51.2 Å². The van der Waals surface area contributed by atoms with Gasteiger partial charge < -0.3 is 10.5 Å². The molecular weight excluding hydrogens is 262 g/mol. The van der Waals surface area contributed by atoms with Crippen molar-refractivity contribution in [1.29, 1.82) is 0 Å². The lowest BCUT2D eigenvalue weighted by atomic mass is 9.96. The van der Waals surface area contributed by atoms with Gasteiger partial charge in [-0.1, -0.05) is 32.1 Å². The van der Waals surface area contributed by atoms with Gasteiger partial charge in [0.2, 0.25) is 4.96 Å². The van der Waals surface area contributed by atoms with Crippen LogP contribution in [0.2, 0.25) is 0 Å². The van der Waals surface area contributed by atoms with Gasteiger partial charge in [-0.3, -0.25) is 0 Å². The van der Waals surface area contributed by atoms with E-state index in [-0.39, 0.29) is 17.6 Å². The summed E-state index contributed by atoms with van der Waals surface area (Å²) in [5, 5.41) is 14.0. The van der Waals surface area contributed by atoms with Gasteiger partial charge >= 0.3 is 0 Å². The highest BCUT2D eigenvalue weighted by molar-refractivity contribution is 7.16. The molecule has 1 aliphatic heterocycles. The average Bonchev–Trinajstić information content (AvgIpc) is 3.00. The molecule has 0 radical (unpaired) electrons. The zero-order valence-electron chi connectivity index (χ0n) is 11.5. The van der Waals surface area contributed by atoms with Gasteiger partial charge in [0.15, 0.2) is 5.82 Å². The third-order valence-electron chi connectivity index (χ3n) is 3.32. The quantitative estimate of drug-likeness (QED) is 0.905. The van der Waals surface area contributed by atoms with E-state index in [2.05, 4.69) is 36.1 Å². The molecule has 0 aromatic carbocycles. The van der Waals surface area contributed by atoms with E-state index in [9.17, 15) is 0 Å². The Morgan fingerprint density at radius 2 is 2.16 bits per heavy atom. The number of hydrogen-bond donors (Lipinski definition) is 1. The molecule has 2 atom stereocenters. The van der Waals surface area contributed by atoms with Crippen LogP contribution in [0.25, 0.3) is 4.96 Å². The van der Waals surface area contributed by atoms with E-state index in [4.69, 9.17) is 10.5 Å². The summed E-state index contributed by atoms with van der Waals surface area (Å²) in [6.07, 6.45) is 2.22. The van der Waals surface area contributed by atoms with Crippen molar-refractivity contribution in [3.63, 3.8) is 0 Å². The molecule has 2 aromatic heterocycles. The number of hydrogen-bond acceptors (Lipinski definition) is 6. The number of rotatable bonds is 2. The van der Waals surface area contributed by atoms with Crippen LogP contribution in [0.1, 0.15) is 50.5 Å². The lowest BCUT2D eigenvalue weighted by Gasteiger charge is -2.14. The molecule has 2 N–H and O–H groups in total. The Morgan fingerprint density at radius 3 is 2.79 bits per heavy atom. The third kappa shape index (κ3) is 2.26. The maximum absolute atomic E-state index is 5.88. The first-order valence-corrected chi connectivity index (χ1v) is 7.39. The molecule has 1 aliphatic rings. The normalized spacial score (nSPS) is 24.4.